The molecule has 2 nitrogen and oxygen atoms in total. The van der Waals surface area contributed by atoms with Crippen LogP contribution in [0, 0.1) is 34.5 Å². The monoisotopic (exact) mass is 526 g/mol. The van der Waals surface area contributed by atoms with E-state index in [0.29, 0.717) is 10.8 Å². The van der Waals surface area contributed by atoms with Crippen molar-refractivity contribution < 1.29 is 0 Å². The van der Waals surface area contributed by atoms with Gasteiger partial charge in [0.05, 0.1) is 0 Å². The summed E-state index contributed by atoms with van der Waals surface area (Å²) < 4.78 is 0. The molecule has 0 radical (unpaired) electrons. The van der Waals surface area contributed by atoms with E-state index in [9.17, 15) is 0 Å². The van der Waals surface area contributed by atoms with E-state index in [0.717, 1.165) is 35.8 Å². The van der Waals surface area contributed by atoms with E-state index < -0.39 is 0 Å². The van der Waals surface area contributed by atoms with Crippen LogP contribution in [0.5, 0.6) is 0 Å². The first-order valence-electron chi connectivity index (χ1n) is 11.4. The van der Waals surface area contributed by atoms with Crippen LogP contribution >= 0.6 is 67.5 Å². The highest BCUT2D eigenvalue weighted by Gasteiger charge is 2.63. The Morgan fingerprint density at radius 3 is 2.19 bits per heavy atom. The molecule has 186 valence electrons. The van der Waals surface area contributed by atoms with Crippen LogP contribution in [0.1, 0.15) is 65.2 Å². The van der Waals surface area contributed by atoms with E-state index in [2.05, 4.69) is 50.9 Å². The van der Waals surface area contributed by atoms with Crippen molar-refractivity contribution >= 4 is 67.5 Å². The number of likely N-dealkylation sites (tertiary alicyclic amines) is 1. The second-order valence-electron chi connectivity index (χ2n) is 11.2. The van der Waals surface area contributed by atoms with Gasteiger partial charge in [0.2, 0.25) is 0 Å². The first kappa shape index (κ1) is 32.4. The van der Waals surface area contributed by atoms with Gasteiger partial charge in [-0.1, -0.05) is 18.6 Å². The fourth-order valence-electron chi connectivity index (χ4n) is 8.88. The second kappa shape index (κ2) is 11.4. The van der Waals surface area contributed by atoms with Gasteiger partial charge in [-0.2, -0.15) is 67.5 Å². The third-order valence-electron chi connectivity index (χ3n) is 10.4. The Bertz CT molecular complexity index is 629. The van der Waals surface area contributed by atoms with Crippen LogP contribution in [-0.2, 0) is 0 Å². The molecule has 7 heteroatoms. The number of rotatable bonds is 1. The fraction of sp³-hybridized carbons (Fsp3) is 0.917. The summed E-state index contributed by atoms with van der Waals surface area (Å²) in [5.74, 6) is 3.96. The SMILES string of the molecule is C[C@H]1C2CCC3[C@@H]4CC=C5C[C@@H](N(C)C)CC[C@]5(C)C4CC[C@@]32CN1C.S.S.S.S.S. The molecule has 0 amide bonds. The quantitative estimate of drug-likeness (QED) is 0.424. The van der Waals surface area contributed by atoms with Crippen LogP contribution in [0.2, 0.25) is 0 Å². The first-order chi connectivity index (χ1) is 12.4. The summed E-state index contributed by atoms with van der Waals surface area (Å²) in [6.45, 7) is 6.56. The fourth-order valence-corrected chi connectivity index (χ4v) is 8.88. The van der Waals surface area contributed by atoms with Crippen molar-refractivity contribution in [2.45, 2.75) is 77.3 Å². The molecule has 0 aromatic carbocycles. The highest BCUT2D eigenvalue weighted by atomic mass is 32.1. The van der Waals surface area contributed by atoms with Crippen LogP contribution in [0.4, 0.5) is 0 Å². The van der Waals surface area contributed by atoms with E-state index in [1.165, 1.54) is 57.9 Å². The molecule has 1 heterocycles. The Kier molecular flexibility index (Phi) is 12.0. The summed E-state index contributed by atoms with van der Waals surface area (Å²) >= 11 is 0. The molecule has 3 saturated carbocycles. The smallest absolute Gasteiger partial charge is 0.0127 e. The van der Waals surface area contributed by atoms with Gasteiger partial charge in [0.15, 0.2) is 0 Å². The zero-order valence-corrected chi connectivity index (χ0v) is 25.3. The van der Waals surface area contributed by atoms with Crippen molar-refractivity contribution in [1.29, 1.82) is 0 Å². The van der Waals surface area contributed by atoms with E-state index >= 15 is 0 Å². The number of nitrogens with zero attached hydrogens (tertiary/aromatic N) is 2. The van der Waals surface area contributed by atoms with Crippen LogP contribution in [0.25, 0.3) is 0 Å². The summed E-state index contributed by atoms with van der Waals surface area (Å²) in [4.78, 5) is 5.17. The normalized spacial score (nSPS) is 45.0. The Morgan fingerprint density at radius 1 is 0.903 bits per heavy atom. The number of hydrogen-bond acceptors (Lipinski definition) is 2. The van der Waals surface area contributed by atoms with Crippen LogP contribution in [-0.4, -0.2) is 49.6 Å². The molecule has 3 unspecified atom stereocenters. The lowest BCUT2D eigenvalue weighted by Gasteiger charge is -2.58. The molecule has 0 aromatic rings. The average molecular weight is 527 g/mol. The maximum absolute atomic E-state index is 2.74. The molecule has 0 bridgehead atoms. The van der Waals surface area contributed by atoms with Gasteiger partial charge in [-0.05, 0) is 114 Å². The van der Waals surface area contributed by atoms with Gasteiger partial charge in [0, 0.05) is 18.6 Å². The van der Waals surface area contributed by atoms with Gasteiger partial charge in [0.1, 0.15) is 0 Å². The second-order valence-corrected chi connectivity index (χ2v) is 11.2. The Labute approximate surface area is 227 Å². The number of hydrogen-bond donors (Lipinski definition) is 0. The van der Waals surface area contributed by atoms with Crippen molar-refractivity contribution in [3.8, 4) is 0 Å². The minimum absolute atomic E-state index is 0. The van der Waals surface area contributed by atoms with E-state index in [-0.39, 0.29) is 67.5 Å². The molecular formula is C24H50N2S5. The van der Waals surface area contributed by atoms with Gasteiger partial charge in [-0.15, -0.1) is 0 Å². The van der Waals surface area contributed by atoms with Crippen molar-refractivity contribution in [3.63, 3.8) is 0 Å². The molecule has 4 fully saturated rings. The van der Waals surface area contributed by atoms with Crippen molar-refractivity contribution in [1.82, 2.24) is 9.80 Å². The van der Waals surface area contributed by atoms with E-state index in [1.54, 1.807) is 0 Å². The van der Waals surface area contributed by atoms with Crippen LogP contribution in [0.3, 0.4) is 0 Å². The topological polar surface area (TPSA) is 6.48 Å². The standard InChI is InChI=1S/C24H40N2.5H2S/c1-16-20-8-9-22-19-7-6-17-14-18(25(3)4)10-12-23(17,2)21(19)11-13-24(20,22)15-26(16)5;;;;;/h6,16,18-22H,7-15H2,1-5H3;5*1H2/t16-,18-,19+,20?,21?,22?,23-,24-;;;;;/m0...../s1. The van der Waals surface area contributed by atoms with Gasteiger partial charge >= 0.3 is 0 Å². The van der Waals surface area contributed by atoms with E-state index in [1.807, 2.05) is 5.57 Å². The molecular weight excluding hydrogens is 477 g/mol. The maximum atomic E-state index is 2.74. The zero-order valence-electron chi connectivity index (χ0n) is 20.3. The van der Waals surface area contributed by atoms with Gasteiger partial charge in [0.25, 0.3) is 0 Å². The van der Waals surface area contributed by atoms with Crippen molar-refractivity contribution in [2.24, 2.45) is 34.5 Å². The summed E-state index contributed by atoms with van der Waals surface area (Å²) in [7, 11) is 6.95. The van der Waals surface area contributed by atoms with Crippen LogP contribution < -0.4 is 0 Å². The molecule has 31 heavy (non-hydrogen) atoms. The Balaban J connectivity index is 0.00000180. The first-order valence-corrected chi connectivity index (χ1v) is 11.4. The molecule has 5 aliphatic rings. The largest absolute Gasteiger partial charge is 0.306 e. The maximum Gasteiger partial charge on any atom is 0.0127 e. The molecule has 5 rings (SSSR count). The molecule has 1 saturated heterocycles. The average Bonchev–Trinajstić information content (AvgIpc) is 3.08. The minimum atomic E-state index is 0. The number of fused-ring (bicyclic) bond motifs is 4. The molecule has 0 aromatic heterocycles. The molecule has 4 aliphatic carbocycles. The number of allylic oxidation sites excluding steroid dienone is 1. The van der Waals surface area contributed by atoms with Crippen molar-refractivity contribution in [3.05, 3.63) is 11.6 Å². The summed E-state index contributed by atoms with van der Waals surface area (Å²) in [6.07, 6.45) is 14.4. The Morgan fingerprint density at radius 2 is 1.55 bits per heavy atom. The van der Waals surface area contributed by atoms with E-state index in [4.69, 9.17) is 0 Å². The van der Waals surface area contributed by atoms with Crippen molar-refractivity contribution in [2.75, 3.05) is 27.7 Å². The third kappa shape index (κ3) is 4.65. The minimum Gasteiger partial charge on any atom is -0.306 e. The van der Waals surface area contributed by atoms with Gasteiger partial charge in [-0.25, -0.2) is 0 Å². The summed E-state index contributed by atoms with van der Waals surface area (Å²) in [6, 6.07) is 1.60. The molecule has 0 N–H and O–H groups in total. The van der Waals surface area contributed by atoms with Crippen LogP contribution in [0.15, 0.2) is 11.6 Å². The summed E-state index contributed by atoms with van der Waals surface area (Å²) in [5.41, 5.74) is 3.04. The lowest BCUT2D eigenvalue weighted by molar-refractivity contribution is -0.0430. The lowest BCUT2D eigenvalue weighted by Crippen LogP contribution is -2.52. The van der Waals surface area contributed by atoms with Gasteiger partial charge in [-0.3, -0.25) is 0 Å². The third-order valence-corrected chi connectivity index (χ3v) is 10.4. The predicted molar refractivity (Wildman–Crippen MR) is 161 cm³/mol. The summed E-state index contributed by atoms with van der Waals surface area (Å²) in [5, 5.41) is 0. The van der Waals surface area contributed by atoms with Gasteiger partial charge < -0.3 is 9.80 Å². The lowest BCUT2D eigenvalue weighted by atomic mass is 9.47. The molecule has 1 spiro atoms. The highest BCUT2D eigenvalue weighted by molar-refractivity contribution is 7.60. The predicted octanol–water partition coefficient (Wildman–Crippen LogP) is 5.37. The molecule has 1 aliphatic heterocycles. The zero-order chi connectivity index (χ0) is 18.3. The highest BCUT2D eigenvalue weighted by Crippen LogP contribution is 2.68. The Hall–Kier alpha value is 1.41. The molecule has 8 atom stereocenters.